The topological polar surface area (TPSA) is 139 Å². The van der Waals surface area contributed by atoms with Crippen LogP contribution >= 0.6 is 0 Å². The number of fused-ring (bicyclic) bond motifs is 1. The zero-order chi connectivity index (χ0) is 31.8. The minimum absolute atomic E-state index is 0.367. The Kier molecular flexibility index (Phi) is 10.8. The monoisotopic (exact) mass is 615 g/mol. The molecule has 0 aliphatic carbocycles. The fourth-order valence-corrected chi connectivity index (χ4v) is 4.11. The lowest BCUT2D eigenvalue weighted by atomic mass is 9.97. The van der Waals surface area contributed by atoms with Gasteiger partial charge in [-0.15, -0.1) is 0 Å². The molecule has 43 heavy (non-hydrogen) atoms. The largest absolute Gasteiger partial charge is 0.490 e. The molecule has 0 bridgehead atoms. The number of alkyl halides is 6. The Morgan fingerprint density at radius 3 is 2.21 bits per heavy atom. The Labute approximate surface area is 240 Å². The van der Waals surface area contributed by atoms with Crippen LogP contribution in [0, 0.1) is 0 Å². The fourth-order valence-electron chi connectivity index (χ4n) is 4.11. The number of aryl methyl sites for hydroxylation is 1. The third kappa shape index (κ3) is 9.76. The maximum absolute atomic E-state index is 10.6. The van der Waals surface area contributed by atoms with Gasteiger partial charge in [-0.2, -0.15) is 36.5 Å². The van der Waals surface area contributed by atoms with E-state index >= 15 is 0 Å². The molecule has 17 heteroatoms. The van der Waals surface area contributed by atoms with Gasteiger partial charge in [-0.05, 0) is 44.5 Å². The van der Waals surface area contributed by atoms with Crippen LogP contribution in [0.1, 0.15) is 37.1 Å². The Morgan fingerprint density at radius 1 is 0.977 bits per heavy atom. The Balaban J connectivity index is 0.000000303. The minimum Gasteiger partial charge on any atom is -0.475 e. The van der Waals surface area contributed by atoms with Gasteiger partial charge in [-0.25, -0.2) is 19.1 Å². The number of nitrogens with zero attached hydrogens (tertiary/aromatic N) is 7. The van der Waals surface area contributed by atoms with Gasteiger partial charge in [0.05, 0.1) is 6.20 Å². The number of aliphatic carboxylic acids is 2. The lowest BCUT2D eigenvalue weighted by molar-refractivity contribution is -0.193. The Morgan fingerprint density at radius 2 is 1.65 bits per heavy atom. The second-order valence-electron chi connectivity index (χ2n) is 9.32. The van der Waals surface area contributed by atoms with Crippen LogP contribution in [-0.2, 0) is 22.7 Å². The van der Waals surface area contributed by atoms with Crippen molar-refractivity contribution in [3.05, 3.63) is 66.6 Å². The summed E-state index contributed by atoms with van der Waals surface area (Å²) < 4.78 is 67.4. The molecule has 1 atom stereocenters. The quantitative estimate of drug-likeness (QED) is 0.307. The smallest absolute Gasteiger partial charge is 0.475 e. The molecule has 0 saturated carbocycles. The van der Waals surface area contributed by atoms with E-state index in [9.17, 15) is 26.3 Å². The number of carboxylic acid groups (broad SMARTS) is 2. The van der Waals surface area contributed by atoms with E-state index in [1.807, 2.05) is 39.9 Å². The van der Waals surface area contributed by atoms with E-state index in [1.165, 1.54) is 12.0 Å². The molecule has 5 rings (SSSR count). The van der Waals surface area contributed by atoms with Gasteiger partial charge in [0.15, 0.2) is 11.5 Å². The normalized spacial score (nSPS) is 15.7. The highest BCUT2D eigenvalue weighted by Gasteiger charge is 2.38. The van der Waals surface area contributed by atoms with Gasteiger partial charge in [0.1, 0.15) is 0 Å². The summed E-state index contributed by atoms with van der Waals surface area (Å²) in [7, 11) is 0. The molecule has 1 saturated heterocycles. The summed E-state index contributed by atoms with van der Waals surface area (Å²) in [5.74, 6) is -4.20. The maximum atomic E-state index is 10.6. The van der Waals surface area contributed by atoms with Gasteiger partial charge in [0, 0.05) is 67.0 Å². The molecule has 232 valence electrons. The number of aromatic nitrogens is 6. The third-order valence-corrected chi connectivity index (χ3v) is 6.11. The van der Waals surface area contributed by atoms with Crippen molar-refractivity contribution >= 4 is 17.6 Å². The lowest BCUT2D eigenvalue weighted by Crippen LogP contribution is -2.34. The number of hydrogen-bond donors (Lipinski definition) is 2. The lowest BCUT2D eigenvalue weighted by Gasteiger charge is -2.30. The van der Waals surface area contributed by atoms with Crippen molar-refractivity contribution < 1.29 is 46.1 Å². The highest BCUT2D eigenvalue weighted by molar-refractivity contribution is 5.73. The summed E-state index contributed by atoms with van der Waals surface area (Å²) >= 11 is 0. The summed E-state index contributed by atoms with van der Waals surface area (Å²) in [5, 5.41) is 23.5. The van der Waals surface area contributed by atoms with Crippen LogP contribution in [0.3, 0.4) is 0 Å². The molecule has 5 heterocycles. The van der Waals surface area contributed by atoms with Crippen LogP contribution in [0.5, 0.6) is 0 Å². The van der Waals surface area contributed by atoms with Gasteiger partial charge in [0.2, 0.25) is 0 Å². The van der Waals surface area contributed by atoms with E-state index in [1.54, 1.807) is 6.20 Å². The minimum atomic E-state index is -5.08. The average Bonchev–Trinajstić information content (AvgIpc) is 3.60. The maximum Gasteiger partial charge on any atom is 0.490 e. The van der Waals surface area contributed by atoms with Gasteiger partial charge in [-0.1, -0.05) is 6.07 Å². The molecule has 1 fully saturated rings. The number of carbonyl (C=O) groups is 2. The summed E-state index contributed by atoms with van der Waals surface area (Å²) in [4.78, 5) is 29.3. The van der Waals surface area contributed by atoms with Crippen LogP contribution in [-0.4, -0.2) is 81.9 Å². The standard InChI is InChI=1S/C22H25N7.2C2HF3O2/c1-2-28-14-17(11-24-28)13-27-10-4-6-20(15-27)22-25-21-8-7-19(16-29(21)26-22)18-5-3-9-23-12-18;2*3-2(4,5)1(6)7/h3,5,7-9,11-12,14,16,20H,2,4,6,10,13,15H2,1H3;2*(H,6,7). The molecule has 0 aromatic carbocycles. The van der Waals surface area contributed by atoms with E-state index in [0.29, 0.717) is 5.92 Å². The van der Waals surface area contributed by atoms with Crippen molar-refractivity contribution in [2.24, 2.45) is 0 Å². The van der Waals surface area contributed by atoms with Crippen molar-refractivity contribution in [3.8, 4) is 11.1 Å². The number of halogens is 6. The highest BCUT2D eigenvalue weighted by Crippen LogP contribution is 2.27. The zero-order valence-corrected chi connectivity index (χ0v) is 22.6. The predicted molar refractivity (Wildman–Crippen MR) is 139 cm³/mol. The third-order valence-electron chi connectivity index (χ3n) is 6.11. The molecule has 1 aliphatic heterocycles. The van der Waals surface area contributed by atoms with Crippen LogP contribution in [0.15, 0.2) is 55.2 Å². The van der Waals surface area contributed by atoms with Crippen molar-refractivity contribution in [2.75, 3.05) is 13.1 Å². The number of pyridine rings is 2. The summed E-state index contributed by atoms with van der Waals surface area (Å²) in [6.07, 6.45) is 1.97. The molecular formula is C26H27F6N7O4. The van der Waals surface area contributed by atoms with E-state index in [4.69, 9.17) is 29.9 Å². The SMILES string of the molecule is CCn1cc(CN2CCCC(c3nc4ccc(-c5cccnc5)cn4n3)C2)cn1.O=C(O)C(F)(F)F.O=C(O)C(F)(F)F. The molecule has 1 aliphatic rings. The van der Waals surface area contributed by atoms with Crippen LogP contribution < -0.4 is 0 Å². The van der Waals surface area contributed by atoms with Crippen molar-refractivity contribution in [3.63, 3.8) is 0 Å². The first-order chi connectivity index (χ1) is 20.2. The van der Waals surface area contributed by atoms with Gasteiger partial charge in [-0.3, -0.25) is 14.6 Å². The molecule has 1 unspecified atom stereocenters. The Hall–Kier alpha value is -4.54. The van der Waals surface area contributed by atoms with E-state index in [2.05, 4.69) is 40.2 Å². The molecule has 0 amide bonds. The number of hydrogen-bond acceptors (Lipinski definition) is 7. The summed E-state index contributed by atoms with van der Waals surface area (Å²) in [6.45, 7) is 6.07. The number of carboxylic acids is 2. The predicted octanol–water partition coefficient (Wildman–Crippen LogP) is 4.65. The van der Waals surface area contributed by atoms with E-state index < -0.39 is 24.3 Å². The first-order valence-electron chi connectivity index (χ1n) is 12.8. The van der Waals surface area contributed by atoms with E-state index in [-0.39, 0.29) is 0 Å². The van der Waals surface area contributed by atoms with Crippen LogP contribution in [0.25, 0.3) is 16.8 Å². The zero-order valence-electron chi connectivity index (χ0n) is 22.6. The fraction of sp³-hybridized carbons (Fsp3) is 0.385. The number of likely N-dealkylation sites (tertiary alicyclic amines) is 1. The molecule has 0 radical (unpaired) electrons. The molecule has 4 aromatic heterocycles. The van der Waals surface area contributed by atoms with E-state index in [0.717, 1.165) is 55.2 Å². The van der Waals surface area contributed by atoms with Crippen LogP contribution in [0.4, 0.5) is 26.3 Å². The van der Waals surface area contributed by atoms with Crippen molar-refractivity contribution in [2.45, 2.75) is 51.1 Å². The van der Waals surface area contributed by atoms with Gasteiger partial charge >= 0.3 is 24.3 Å². The average molecular weight is 616 g/mol. The highest BCUT2D eigenvalue weighted by atomic mass is 19.4. The number of rotatable bonds is 5. The molecule has 11 nitrogen and oxygen atoms in total. The molecule has 2 N–H and O–H groups in total. The molecular weight excluding hydrogens is 588 g/mol. The summed E-state index contributed by atoms with van der Waals surface area (Å²) in [6, 6.07) is 8.14. The van der Waals surface area contributed by atoms with Crippen molar-refractivity contribution in [1.29, 1.82) is 0 Å². The molecule has 0 spiro atoms. The van der Waals surface area contributed by atoms with Gasteiger partial charge < -0.3 is 10.2 Å². The van der Waals surface area contributed by atoms with Crippen LogP contribution in [0.2, 0.25) is 0 Å². The summed E-state index contributed by atoms with van der Waals surface area (Å²) in [5.41, 5.74) is 4.36. The second-order valence-corrected chi connectivity index (χ2v) is 9.32. The Bertz CT molecular complexity index is 1480. The second kappa shape index (κ2) is 14.1. The molecule has 4 aromatic rings. The number of piperidine rings is 1. The van der Waals surface area contributed by atoms with Crippen molar-refractivity contribution in [1.82, 2.24) is 34.3 Å². The first-order valence-corrected chi connectivity index (χ1v) is 12.8. The first kappa shape index (κ1) is 33.0. The van der Waals surface area contributed by atoms with Gasteiger partial charge in [0.25, 0.3) is 0 Å².